The molecule has 0 spiro atoms. The molecule has 5 rings (SSSR count). The van der Waals surface area contributed by atoms with Crippen molar-refractivity contribution in [2.75, 3.05) is 103 Å². The maximum absolute atomic E-state index is 5.93. The first-order valence-electron chi connectivity index (χ1n) is 17.0. The molecule has 0 atom stereocenters. The van der Waals surface area contributed by atoms with Crippen molar-refractivity contribution in [3.05, 3.63) is 57.5 Å². The van der Waals surface area contributed by atoms with Gasteiger partial charge in [-0.25, -0.2) is 9.97 Å². The Morgan fingerprint density at radius 1 is 0.415 bits per heavy atom. The van der Waals surface area contributed by atoms with Crippen LogP contribution in [-0.4, -0.2) is 122 Å². The van der Waals surface area contributed by atoms with Crippen LogP contribution < -0.4 is 9.47 Å². The topological polar surface area (TPSA) is 125 Å². The third kappa shape index (κ3) is 13.1. The number of rotatable bonds is 26. The zero-order valence-electron chi connectivity index (χ0n) is 28.9. The van der Waals surface area contributed by atoms with E-state index in [0.29, 0.717) is 115 Å². The van der Waals surface area contributed by atoms with Crippen molar-refractivity contribution in [2.45, 2.75) is 0 Å². The summed E-state index contributed by atoms with van der Waals surface area (Å²) in [6.45, 7) is 7.31. The second-order valence-corrected chi connectivity index (χ2v) is 14.7. The molecule has 0 amide bonds. The molecule has 0 unspecified atom stereocenters. The van der Waals surface area contributed by atoms with Crippen LogP contribution >= 0.6 is 75.4 Å². The zero-order valence-corrected chi connectivity index (χ0v) is 36.1. The summed E-state index contributed by atoms with van der Waals surface area (Å²) >= 11 is 15.2. The molecule has 0 aliphatic rings. The lowest BCUT2D eigenvalue weighted by Gasteiger charge is -2.14. The summed E-state index contributed by atoms with van der Waals surface area (Å²) in [5.74, 6) is 1.45. The van der Waals surface area contributed by atoms with Gasteiger partial charge in [0.05, 0.1) is 111 Å². The van der Waals surface area contributed by atoms with Gasteiger partial charge in [-0.2, -0.15) is 8.75 Å². The van der Waals surface area contributed by atoms with Crippen molar-refractivity contribution in [3.8, 4) is 34.0 Å². The Labute approximate surface area is 346 Å². The van der Waals surface area contributed by atoms with Crippen molar-refractivity contribution >= 4 is 97.5 Å². The first-order chi connectivity index (χ1) is 26.1. The molecule has 0 N–H and O–H groups in total. The number of ether oxygens (including phenoxy) is 8. The average molecular weight is 1010 g/mol. The highest BCUT2D eigenvalue weighted by Gasteiger charge is 2.21. The quantitative estimate of drug-likeness (QED) is 0.0393. The molecule has 5 aromatic rings. The first kappa shape index (κ1) is 42.2. The third-order valence-corrected chi connectivity index (χ3v) is 10.1. The minimum atomic E-state index is 0.413. The number of hydrogen-bond donors (Lipinski definition) is 0. The van der Waals surface area contributed by atoms with Crippen molar-refractivity contribution in [1.82, 2.24) is 18.7 Å². The molecule has 2 heterocycles. The predicted octanol–water partition coefficient (Wildman–Crippen LogP) is 8.14. The van der Waals surface area contributed by atoms with Gasteiger partial charge in [0.15, 0.2) is 0 Å². The van der Waals surface area contributed by atoms with Crippen LogP contribution in [0.5, 0.6) is 11.5 Å². The van der Waals surface area contributed by atoms with E-state index in [1.807, 2.05) is 48.5 Å². The van der Waals surface area contributed by atoms with Gasteiger partial charge in [-0.05, 0) is 80.4 Å². The second kappa shape index (κ2) is 23.9. The lowest BCUT2D eigenvalue weighted by atomic mass is 10.0. The van der Waals surface area contributed by atoms with Gasteiger partial charge in [0.25, 0.3) is 0 Å². The summed E-state index contributed by atoms with van der Waals surface area (Å²) < 4.78 is 55.3. The summed E-state index contributed by atoms with van der Waals surface area (Å²) in [6.07, 6.45) is 0. The summed E-state index contributed by atoms with van der Waals surface area (Å²) in [5, 5.41) is 1.64. The van der Waals surface area contributed by atoms with Crippen molar-refractivity contribution in [1.29, 1.82) is 0 Å². The lowest BCUT2D eigenvalue weighted by Crippen LogP contribution is -2.13. The number of hydrogen-bond acceptors (Lipinski definition) is 13. The first-order valence-corrected chi connectivity index (χ1v) is 21.5. The van der Waals surface area contributed by atoms with Crippen LogP contribution in [0.15, 0.2) is 57.5 Å². The SMILES string of the molecule is BrCCOCCOCCOCCOc1ccc(-c2nc3c(Br)c4nsnc4c(Br)c3nc2-c2ccc(OCCOCCOCCOCCBr)cc2)cc1. The van der Waals surface area contributed by atoms with Gasteiger partial charge in [-0.15, -0.1) is 0 Å². The van der Waals surface area contributed by atoms with E-state index in [-0.39, 0.29) is 0 Å². The molecule has 12 nitrogen and oxygen atoms in total. The highest BCUT2D eigenvalue weighted by Crippen LogP contribution is 2.40. The third-order valence-electron chi connectivity index (χ3n) is 7.40. The van der Waals surface area contributed by atoms with Crippen LogP contribution in [0.25, 0.3) is 44.6 Å². The minimum Gasteiger partial charge on any atom is -0.491 e. The van der Waals surface area contributed by atoms with Crippen molar-refractivity contribution in [3.63, 3.8) is 0 Å². The van der Waals surface area contributed by atoms with Gasteiger partial charge in [0.2, 0.25) is 0 Å². The monoisotopic (exact) mass is 1000 g/mol. The van der Waals surface area contributed by atoms with E-state index in [0.717, 1.165) is 65.0 Å². The Morgan fingerprint density at radius 2 is 0.736 bits per heavy atom. The zero-order chi connectivity index (χ0) is 37.1. The molecular formula is C36H40Br4N4O8S. The average Bonchev–Trinajstić information content (AvgIpc) is 3.69. The molecule has 0 saturated heterocycles. The van der Waals surface area contributed by atoms with Gasteiger partial charge in [0.1, 0.15) is 46.8 Å². The molecule has 53 heavy (non-hydrogen) atoms. The van der Waals surface area contributed by atoms with E-state index in [9.17, 15) is 0 Å². The van der Waals surface area contributed by atoms with Crippen LogP contribution in [0.3, 0.4) is 0 Å². The van der Waals surface area contributed by atoms with E-state index in [2.05, 4.69) is 72.5 Å². The molecule has 3 aromatic carbocycles. The maximum atomic E-state index is 5.93. The Morgan fingerprint density at radius 3 is 1.08 bits per heavy atom. The molecule has 2 aromatic heterocycles. The molecule has 0 radical (unpaired) electrons. The number of aromatic nitrogens is 4. The molecule has 0 fully saturated rings. The second-order valence-electron chi connectivity index (χ2n) is 11.0. The fraction of sp³-hybridized carbons (Fsp3) is 0.444. The van der Waals surface area contributed by atoms with E-state index >= 15 is 0 Å². The van der Waals surface area contributed by atoms with Crippen LogP contribution in [0.2, 0.25) is 0 Å². The minimum absolute atomic E-state index is 0.413. The maximum Gasteiger partial charge on any atom is 0.122 e. The van der Waals surface area contributed by atoms with Gasteiger partial charge in [0, 0.05) is 21.8 Å². The molecule has 0 saturated carbocycles. The van der Waals surface area contributed by atoms with Crippen LogP contribution in [0.4, 0.5) is 0 Å². The van der Waals surface area contributed by atoms with Crippen molar-refractivity contribution in [2.24, 2.45) is 0 Å². The lowest BCUT2D eigenvalue weighted by molar-refractivity contribution is 0.0119. The number of alkyl halides is 2. The van der Waals surface area contributed by atoms with Gasteiger partial charge < -0.3 is 37.9 Å². The van der Waals surface area contributed by atoms with E-state index in [4.69, 9.17) is 47.9 Å². The highest BCUT2D eigenvalue weighted by molar-refractivity contribution is 9.11. The van der Waals surface area contributed by atoms with Crippen LogP contribution in [-0.2, 0) is 28.4 Å². The van der Waals surface area contributed by atoms with E-state index < -0.39 is 0 Å². The number of fused-ring (bicyclic) bond motifs is 2. The number of halogens is 4. The summed E-state index contributed by atoms with van der Waals surface area (Å²) in [4.78, 5) is 10.3. The normalized spacial score (nSPS) is 11.5. The fourth-order valence-corrected chi connectivity index (χ4v) is 7.25. The molecular weight excluding hydrogens is 968 g/mol. The number of benzene rings is 3. The molecule has 0 aliphatic heterocycles. The Bertz CT molecular complexity index is 1690. The summed E-state index contributed by atoms with van der Waals surface area (Å²) in [5.41, 5.74) is 5.98. The largest absolute Gasteiger partial charge is 0.491 e. The van der Waals surface area contributed by atoms with E-state index in [1.165, 1.54) is 0 Å². The standard InChI is InChI=1S/C36H40Br4N4O8S/c37-9-11-45-13-15-47-17-19-49-21-23-51-27-5-1-25(2-6-27)31-32(42-34-30(40)36-35(43-53-44-36)29(39)33(34)41-31)26-3-7-28(8-4-26)52-24-22-50-20-18-48-16-14-46-12-10-38/h1-8H,9-24H2. The number of nitrogens with zero attached hydrogens (tertiary/aromatic N) is 4. The fourth-order valence-electron chi connectivity index (χ4n) is 4.89. The van der Waals surface area contributed by atoms with Crippen LogP contribution in [0.1, 0.15) is 0 Å². The molecule has 17 heteroatoms. The van der Waals surface area contributed by atoms with Crippen molar-refractivity contribution < 1.29 is 37.9 Å². The van der Waals surface area contributed by atoms with Gasteiger partial charge in [-0.3, -0.25) is 0 Å². The molecule has 0 bridgehead atoms. The van der Waals surface area contributed by atoms with E-state index in [1.54, 1.807) is 0 Å². The molecule has 286 valence electrons. The summed E-state index contributed by atoms with van der Waals surface area (Å²) in [7, 11) is 0. The summed E-state index contributed by atoms with van der Waals surface area (Å²) in [6, 6.07) is 15.6. The smallest absolute Gasteiger partial charge is 0.122 e. The van der Waals surface area contributed by atoms with Gasteiger partial charge >= 0.3 is 0 Å². The Hall–Kier alpha value is -1.90. The van der Waals surface area contributed by atoms with Gasteiger partial charge in [-0.1, -0.05) is 31.9 Å². The Kier molecular flexibility index (Phi) is 19.0. The van der Waals surface area contributed by atoms with Crippen LogP contribution in [0, 0.1) is 0 Å². The predicted molar refractivity (Wildman–Crippen MR) is 220 cm³/mol. The molecule has 0 aliphatic carbocycles. The Balaban J connectivity index is 1.20. The highest BCUT2D eigenvalue weighted by atomic mass is 79.9.